The first-order chi connectivity index (χ1) is 16.1. The number of anilines is 2. The number of nitrogens with one attached hydrogen (secondary N) is 1. The Kier molecular flexibility index (Phi) is 7.06. The molecule has 0 bridgehead atoms. The molecule has 0 aliphatic carbocycles. The zero-order valence-electron chi connectivity index (χ0n) is 20.0. The molecule has 8 nitrogen and oxygen atoms in total. The van der Waals surface area contributed by atoms with E-state index in [0.717, 1.165) is 35.3 Å². The van der Waals surface area contributed by atoms with Crippen LogP contribution in [0.25, 0.3) is 0 Å². The Morgan fingerprint density at radius 2 is 1.56 bits per heavy atom. The van der Waals surface area contributed by atoms with Crippen LogP contribution in [-0.2, 0) is 19.6 Å². The van der Waals surface area contributed by atoms with Gasteiger partial charge >= 0.3 is 0 Å². The van der Waals surface area contributed by atoms with Crippen molar-refractivity contribution < 1.29 is 18.0 Å². The zero-order valence-corrected chi connectivity index (χ0v) is 20.8. The molecule has 2 aromatic rings. The summed E-state index contributed by atoms with van der Waals surface area (Å²) < 4.78 is 28.0. The maximum absolute atomic E-state index is 13.3. The van der Waals surface area contributed by atoms with Crippen molar-refractivity contribution in [3.63, 3.8) is 0 Å². The number of rotatable bonds is 6. The number of carbonyl (C=O) groups is 2. The molecule has 1 N–H and O–H groups in total. The number of nitrogens with zero attached hydrogens (tertiary/aromatic N) is 3. The van der Waals surface area contributed by atoms with Crippen molar-refractivity contribution in [2.45, 2.75) is 38.5 Å². The average Bonchev–Trinajstić information content (AvgIpc) is 3.19. The van der Waals surface area contributed by atoms with Gasteiger partial charge in [-0.1, -0.05) is 17.7 Å². The maximum Gasteiger partial charge on any atom is 0.243 e. The summed E-state index contributed by atoms with van der Waals surface area (Å²) in [6, 6.07) is 11.1. The van der Waals surface area contributed by atoms with Crippen LogP contribution in [0.3, 0.4) is 0 Å². The third-order valence-corrected chi connectivity index (χ3v) is 8.64. The molecule has 2 aliphatic heterocycles. The van der Waals surface area contributed by atoms with Crippen LogP contribution in [0.15, 0.2) is 41.3 Å². The molecule has 0 spiro atoms. The van der Waals surface area contributed by atoms with E-state index in [1.165, 1.54) is 4.31 Å². The lowest BCUT2D eigenvalue weighted by atomic mass is 10.1. The van der Waals surface area contributed by atoms with Crippen molar-refractivity contribution in [1.82, 2.24) is 9.21 Å². The van der Waals surface area contributed by atoms with Crippen molar-refractivity contribution in [1.29, 1.82) is 0 Å². The highest BCUT2D eigenvalue weighted by Gasteiger charge is 2.31. The van der Waals surface area contributed by atoms with E-state index >= 15 is 0 Å². The number of hydrogen-bond acceptors (Lipinski definition) is 5. The van der Waals surface area contributed by atoms with E-state index in [-0.39, 0.29) is 18.4 Å². The van der Waals surface area contributed by atoms with Crippen molar-refractivity contribution >= 4 is 33.2 Å². The minimum Gasteiger partial charge on any atom is -0.325 e. The summed E-state index contributed by atoms with van der Waals surface area (Å²) in [5, 5.41) is 2.89. The minimum absolute atomic E-state index is 0.130. The van der Waals surface area contributed by atoms with E-state index in [1.807, 2.05) is 49.9 Å². The average molecular weight is 485 g/mol. The molecule has 2 amide bonds. The largest absolute Gasteiger partial charge is 0.325 e. The predicted molar refractivity (Wildman–Crippen MR) is 133 cm³/mol. The van der Waals surface area contributed by atoms with Gasteiger partial charge in [-0.3, -0.25) is 14.5 Å². The van der Waals surface area contributed by atoms with Crippen LogP contribution in [0.5, 0.6) is 0 Å². The molecule has 0 aromatic heterocycles. The van der Waals surface area contributed by atoms with E-state index in [1.54, 1.807) is 17.0 Å². The fourth-order valence-corrected chi connectivity index (χ4v) is 6.71. The monoisotopic (exact) mass is 484 g/mol. The molecule has 34 heavy (non-hydrogen) atoms. The standard InChI is InChI=1S/C25H32N4O4S/c1-18-15-19(2)25(20(3)16-18)34(32,33)28-13-11-27(12-14-28)17-23(30)26-21-6-8-22(9-7-21)29-10-4-5-24(29)31/h6-9,15-16H,4-5,10-14,17H2,1-3H3,(H,26,30). The van der Waals surface area contributed by atoms with Gasteiger partial charge in [0.15, 0.2) is 0 Å². The first-order valence-electron chi connectivity index (χ1n) is 11.7. The Bertz CT molecular complexity index is 1160. The SMILES string of the molecule is Cc1cc(C)c(S(=O)(=O)N2CCN(CC(=O)Nc3ccc(N4CCCC4=O)cc3)CC2)c(C)c1. The van der Waals surface area contributed by atoms with Crippen LogP contribution >= 0.6 is 0 Å². The molecule has 182 valence electrons. The number of sulfonamides is 1. The molecule has 2 heterocycles. The lowest BCUT2D eigenvalue weighted by Gasteiger charge is -2.34. The van der Waals surface area contributed by atoms with Gasteiger partial charge in [0.1, 0.15) is 0 Å². The minimum atomic E-state index is -3.58. The first-order valence-corrected chi connectivity index (χ1v) is 13.1. The van der Waals surface area contributed by atoms with Crippen molar-refractivity contribution in [2.24, 2.45) is 0 Å². The fraction of sp³-hybridized carbons (Fsp3) is 0.440. The highest BCUT2D eigenvalue weighted by molar-refractivity contribution is 7.89. The van der Waals surface area contributed by atoms with Gasteiger partial charge in [0.05, 0.1) is 11.4 Å². The molecular weight excluding hydrogens is 452 g/mol. The molecule has 2 aliphatic rings. The van der Waals surface area contributed by atoms with E-state index in [2.05, 4.69) is 5.32 Å². The lowest BCUT2D eigenvalue weighted by Crippen LogP contribution is -2.50. The first kappa shape index (κ1) is 24.4. The molecule has 0 unspecified atom stereocenters. The molecule has 9 heteroatoms. The van der Waals surface area contributed by atoms with Gasteiger partial charge in [-0.05, 0) is 62.6 Å². The van der Waals surface area contributed by atoms with E-state index in [0.29, 0.717) is 43.2 Å². The number of amides is 2. The second-order valence-corrected chi connectivity index (χ2v) is 11.0. The summed E-state index contributed by atoms with van der Waals surface area (Å²) in [7, 11) is -3.58. The fourth-order valence-electron chi connectivity index (χ4n) is 4.88. The molecule has 2 saturated heterocycles. The molecule has 4 rings (SSSR count). The molecule has 0 radical (unpaired) electrons. The van der Waals surface area contributed by atoms with Gasteiger partial charge in [0, 0.05) is 50.5 Å². The van der Waals surface area contributed by atoms with E-state index in [4.69, 9.17) is 0 Å². The summed E-state index contributed by atoms with van der Waals surface area (Å²) in [5.41, 5.74) is 4.09. The van der Waals surface area contributed by atoms with Crippen LogP contribution < -0.4 is 10.2 Å². The number of benzene rings is 2. The second kappa shape index (κ2) is 9.85. The third kappa shape index (κ3) is 5.16. The Balaban J connectivity index is 1.31. The van der Waals surface area contributed by atoms with Crippen molar-refractivity contribution in [3.05, 3.63) is 53.1 Å². The van der Waals surface area contributed by atoms with E-state index < -0.39 is 10.0 Å². The highest BCUT2D eigenvalue weighted by Crippen LogP contribution is 2.26. The van der Waals surface area contributed by atoms with Gasteiger partial charge in [-0.2, -0.15) is 4.31 Å². The Morgan fingerprint density at radius 3 is 2.12 bits per heavy atom. The number of carbonyl (C=O) groups excluding carboxylic acids is 2. The van der Waals surface area contributed by atoms with Crippen LogP contribution in [0, 0.1) is 20.8 Å². The quantitative estimate of drug-likeness (QED) is 0.681. The topological polar surface area (TPSA) is 90.0 Å². The van der Waals surface area contributed by atoms with Crippen LogP contribution in [0.4, 0.5) is 11.4 Å². The zero-order chi connectivity index (χ0) is 24.5. The Labute approximate surface area is 201 Å². The number of piperazine rings is 1. The molecule has 2 fully saturated rings. The van der Waals surface area contributed by atoms with Crippen LogP contribution in [-0.4, -0.2) is 68.7 Å². The van der Waals surface area contributed by atoms with Gasteiger partial charge in [0.2, 0.25) is 21.8 Å². The summed E-state index contributed by atoms with van der Waals surface area (Å²) >= 11 is 0. The smallest absolute Gasteiger partial charge is 0.243 e. The maximum atomic E-state index is 13.3. The molecule has 0 saturated carbocycles. The Hall–Kier alpha value is -2.75. The summed E-state index contributed by atoms with van der Waals surface area (Å²) in [5.74, 6) is -0.0165. The molecular formula is C25H32N4O4S. The van der Waals surface area contributed by atoms with E-state index in [9.17, 15) is 18.0 Å². The summed E-state index contributed by atoms with van der Waals surface area (Å²) in [6.45, 7) is 8.24. The lowest BCUT2D eigenvalue weighted by molar-refractivity contribution is -0.118. The van der Waals surface area contributed by atoms with Crippen molar-refractivity contribution in [2.75, 3.05) is 49.5 Å². The van der Waals surface area contributed by atoms with Gasteiger partial charge in [-0.15, -0.1) is 0 Å². The van der Waals surface area contributed by atoms with Gasteiger partial charge in [0.25, 0.3) is 0 Å². The van der Waals surface area contributed by atoms with Crippen LogP contribution in [0.1, 0.15) is 29.5 Å². The summed E-state index contributed by atoms with van der Waals surface area (Å²) in [6.07, 6.45) is 1.45. The molecule has 2 aromatic carbocycles. The van der Waals surface area contributed by atoms with Crippen LogP contribution in [0.2, 0.25) is 0 Å². The van der Waals surface area contributed by atoms with Gasteiger partial charge in [-0.25, -0.2) is 8.42 Å². The summed E-state index contributed by atoms with van der Waals surface area (Å²) in [4.78, 5) is 28.5. The number of aryl methyl sites for hydroxylation is 3. The van der Waals surface area contributed by atoms with Crippen molar-refractivity contribution in [3.8, 4) is 0 Å². The second-order valence-electron chi connectivity index (χ2n) is 9.15. The number of hydrogen-bond donors (Lipinski definition) is 1. The predicted octanol–water partition coefficient (Wildman–Crippen LogP) is 2.68. The highest BCUT2D eigenvalue weighted by atomic mass is 32.2. The van der Waals surface area contributed by atoms with Gasteiger partial charge < -0.3 is 10.2 Å². The third-order valence-electron chi connectivity index (χ3n) is 6.44. The molecule has 0 atom stereocenters. The normalized spacial score (nSPS) is 17.9. The Morgan fingerprint density at radius 1 is 0.941 bits per heavy atom.